The molecule has 0 saturated carbocycles. The minimum Gasteiger partial charge on any atom is -0.496 e. The number of benzene rings is 2. The zero-order valence-corrected chi connectivity index (χ0v) is 26.0. The summed E-state index contributed by atoms with van der Waals surface area (Å²) in [5.74, 6) is 1.64. The predicted molar refractivity (Wildman–Crippen MR) is 161 cm³/mol. The van der Waals surface area contributed by atoms with Gasteiger partial charge in [0, 0.05) is 0 Å². The Kier molecular flexibility index (Phi) is 9.07. The lowest BCUT2D eigenvalue weighted by Gasteiger charge is -2.25. The summed E-state index contributed by atoms with van der Waals surface area (Å²) in [7, 11) is 3.23. The molecule has 0 N–H and O–H groups in total. The maximum atomic E-state index is 14.1. The van der Waals surface area contributed by atoms with Crippen molar-refractivity contribution in [1.29, 1.82) is 0 Å². The normalized spacial score (nSPS) is 15.2. The second kappa shape index (κ2) is 12.3. The summed E-state index contributed by atoms with van der Waals surface area (Å²) in [6.45, 7) is 13.8. The van der Waals surface area contributed by atoms with Gasteiger partial charge in [0.1, 0.15) is 5.75 Å². The zero-order valence-electron chi connectivity index (χ0n) is 25.2. The highest BCUT2D eigenvalue weighted by molar-refractivity contribution is 7.07. The first-order chi connectivity index (χ1) is 19.5. The molecule has 4 rings (SSSR count). The molecule has 2 heterocycles. The number of hydrogen-bond donors (Lipinski definition) is 0. The minimum absolute atomic E-state index is 0.0534. The van der Waals surface area contributed by atoms with Crippen LogP contribution in [0.5, 0.6) is 17.2 Å². The molecule has 1 unspecified atom stereocenters. The summed E-state index contributed by atoms with van der Waals surface area (Å²) >= 11 is 1.30. The number of fused-ring (bicyclic) bond motifs is 1. The average Bonchev–Trinajstić information content (AvgIpc) is 3.22. The maximum Gasteiger partial charge on any atom is 0.338 e. The minimum atomic E-state index is -0.752. The number of aryl methyl sites for hydroxylation is 1. The van der Waals surface area contributed by atoms with Crippen LogP contribution in [0.2, 0.25) is 0 Å². The molecule has 3 aromatic rings. The van der Waals surface area contributed by atoms with Crippen molar-refractivity contribution in [3.63, 3.8) is 0 Å². The third kappa shape index (κ3) is 5.95. The Bertz CT molecular complexity index is 1680. The fraction of sp³-hybridized carbons (Fsp3) is 0.406. The molecular formula is C32H38N2O6S. The second-order valence-corrected chi connectivity index (χ2v) is 11.5. The Morgan fingerprint density at radius 2 is 1.76 bits per heavy atom. The van der Waals surface area contributed by atoms with Crippen LogP contribution in [-0.2, 0) is 9.53 Å². The van der Waals surface area contributed by atoms with Gasteiger partial charge in [-0.2, -0.15) is 0 Å². The van der Waals surface area contributed by atoms with Gasteiger partial charge in [0.05, 0.1) is 48.8 Å². The lowest BCUT2D eigenvalue weighted by molar-refractivity contribution is -0.139. The van der Waals surface area contributed by atoms with E-state index in [1.54, 1.807) is 44.8 Å². The lowest BCUT2D eigenvalue weighted by Crippen LogP contribution is -2.40. The summed E-state index contributed by atoms with van der Waals surface area (Å²) in [5, 5.41) is 0. The molecule has 1 aliphatic rings. The Balaban J connectivity index is 1.96. The van der Waals surface area contributed by atoms with E-state index in [0.717, 1.165) is 22.4 Å². The van der Waals surface area contributed by atoms with Crippen LogP contribution in [0.25, 0.3) is 6.08 Å². The number of carbonyl (C=O) groups is 1. The maximum absolute atomic E-state index is 14.1. The summed E-state index contributed by atoms with van der Waals surface area (Å²) in [6, 6.07) is 8.77. The molecule has 41 heavy (non-hydrogen) atoms. The molecule has 0 radical (unpaired) electrons. The SMILES string of the molecule is CCOC(=O)C1=C(C)N=c2sc(=Cc3cc(C(C)C)c(OC)cc3C)c(=O)n2C1c1ccc(OC(C)C)c(OC)c1. The van der Waals surface area contributed by atoms with Gasteiger partial charge in [0.25, 0.3) is 5.56 Å². The number of rotatable bonds is 9. The number of hydrogen-bond acceptors (Lipinski definition) is 8. The van der Waals surface area contributed by atoms with Gasteiger partial charge in [-0.15, -0.1) is 0 Å². The van der Waals surface area contributed by atoms with Gasteiger partial charge in [-0.1, -0.05) is 31.3 Å². The molecule has 9 heteroatoms. The highest BCUT2D eigenvalue weighted by Crippen LogP contribution is 2.36. The topological polar surface area (TPSA) is 88.4 Å². The molecule has 0 spiro atoms. The Labute approximate surface area is 244 Å². The number of thiazole rings is 1. The van der Waals surface area contributed by atoms with Crippen molar-refractivity contribution in [2.24, 2.45) is 4.99 Å². The van der Waals surface area contributed by atoms with Crippen LogP contribution in [0, 0.1) is 6.92 Å². The number of ether oxygens (including phenoxy) is 4. The van der Waals surface area contributed by atoms with Crippen molar-refractivity contribution in [3.8, 4) is 17.2 Å². The lowest BCUT2D eigenvalue weighted by atomic mass is 9.95. The summed E-state index contributed by atoms with van der Waals surface area (Å²) < 4.78 is 24.6. The molecule has 0 amide bonds. The molecule has 1 atom stereocenters. The Morgan fingerprint density at radius 1 is 1.05 bits per heavy atom. The van der Waals surface area contributed by atoms with E-state index in [4.69, 9.17) is 18.9 Å². The zero-order chi connectivity index (χ0) is 30.0. The van der Waals surface area contributed by atoms with Crippen molar-refractivity contribution < 1.29 is 23.7 Å². The molecule has 1 aliphatic heterocycles. The van der Waals surface area contributed by atoms with Crippen molar-refractivity contribution in [2.45, 2.75) is 66.5 Å². The molecule has 1 aromatic heterocycles. The number of allylic oxidation sites excluding steroid dienone is 1. The van der Waals surface area contributed by atoms with Crippen molar-refractivity contribution in [3.05, 3.63) is 83.5 Å². The third-order valence-corrected chi connectivity index (χ3v) is 7.89. The quantitative estimate of drug-likeness (QED) is 0.331. The number of methoxy groups -OCH3 is 2. The van der Waals surface area contributed by atoms with E-state index in [0.29, 0.717) is 37.7 Å². The fourth-order valence-electron chi connectivity index (χ4n) is 4.95. The van der Waals surface area contributed by atoms with Gasteiger partial charge in [0.2, 0.25) is 0 Å². The summed E-state index contributed by atoms with van der Waals surface area (Å²) in [4.78, 5) is 32.5. The molecule has 0 bridgehead atoms. The smallest absolute Gasteiger partial charge is 0.338 e. The molecular weight excluding hydrogens is 540 g/mol. The van der Waals surface area contributed by atoms with Crippen LogP contribution < -0.4 is 29.1 Å². The van der Waals surface area contributed by atoms with E-state index >= 15 is 0 Å². The predicted octanol–water partition coefficient (Wildman–Crippen LogP) is 5.03. The standard InChI is InChI=1S/C32H38N2O6S/c1-10-39-31(36)28-20(7)33-32-34(29(28)21-11-12-24(40-18(4)5)26(15-21)38-9)30(35)27(41-32)16-22-14-23(17(2)3)25(37-8)13-19(22)6/h11-18,29H,10H2,1-9H3. The summed E-state index contributed by atoms with van der Waals surface area (Å²) in [5.41, 5.74) is 4.24. The number of carbonyl (C=O) groups excluding carboxylic acids is 1. The first-order valence-corrected chi connectivity index (χ1v) is 14.5. The van der Waals surface area contributed by atoms with E-state index in [2.05, 4.69) is 24.9 Å². The van der Waals surface area contributed by atoms with Gasteiger partial charge >= 0.3 is 5.97 Å². The highest BCUT2D eigenvalue weighted by atomic mass is 32.1. The molecule has 0 fully saturated rings. The van der Waals surface area contributed by atoms with Crippen LogP contribution >= 0.6 is 11.3 Å². The van der Waals surface area contributed by atoms with E-state index in [1.165, 1.54) is 11.3 Å². The van der Waals surface area contributed by atoms with Crippen LogP contribution in [0.15, 0.2) is 51.4 Å². The van der Waals surface area contributed by atoms with Crippen LogP contribution in [0.1, 0.15) is 75.8 Å². The first kappa shape index (κ1) is 30.1. The molecule has 8 nitrogen and oxygen atoms in total. The molecule has 218 valence electrons. The number of esters is 1. The monoisotopic (exact) mass is 578 g/mol. The molecule has 2 aromatic carbocycles. The fourth-order valence-corrected chi connectivity index (χ4v) is 5.99. The summed E-state index contributed by atoms with van der Waals surface area (Å²) in [6.07, 6.45) is 1.84. The van der Waals surface area contributed by atoms with Crippen molar-refractivity contribution in [1.82, 2.24) is 4.57 Å². The highest BCUT2D eigenvalue weighted by Gasteiger charge is 2.34. The van der Waals surface area contributed by atoms with Crippen molar-refractivity contribution in [2.75, 3.05) is 20.8 Å². The van der Waals surface area contributed by atoms with E-state index in [1.807, 2.05) is 39.0 Å². The van der Waals surface area contributed by atoms with E-state index < -0.39 is 12.0 Å². The van der Waals surface area contributed by atoms with Crippen molar-refractivity contribution >= 4 is 23.4 Å². The van der Waals surface area contributed by atoms with Crippen LogP contribution in [0.4, 0.5) is 0 Å². The van der Waals surface area contributed by atoms with Gasteiger partial charge < -0.3 is 18.9 Å². The average molecular weight is 579 g/mol. The molecule has 0 aliphatic carbocycles. The molecule has 0 saturated heterocycles. The van der Waals surface area contributed by atoms with Gasteiger partial charge in [-0.05, 0) is 93.1 Å². The van der Waals surface area contributed by atoms with E-state index in [9.17, 15) is 9.59 Å². The first-order valence-electron chi connectivity index (χ1n) is 13.7. The van der Waals surface area contributed by atoms with Gasteiger partial charge in [-0.25, -0.2) is 9.79 Å². The van der Waals surface area contributed by atoms with Crippen LogP contribution in [0.3, 0.4) is 0 Å². The Morgan fingerprint density at radius 3 is 2.37 bits per heavy atom. The van der Waals surface area contributed by atoms with Crippen LogP contribution in [-0.4, -0.2) is 37.5 Å². The largest absolute Gasteiger partial charge is 0.496 e. The number of nitrogens with zero attached hydrogens (tertiary/aromatic N) is 2. The second-order valence-electron chi connectivity index (χ2n) is 10.5. The van der Waals surface area contributed by atoms with Gasteiger partial charge in [-0.3, -0.25) is 9.36 Å². The number of aromatic nitrogens is 1. The Hall–Kier alpha value is -3.85. The third-order valence-electron chi connectivity index (χ3n) is 6.91. The van der Waals surface area contributed by atoms with E-state index in [-0.39, 0.29) is 24.2 Å². The van der Waals surface area contributed by atoms with Gasteiger partial charge in [0.15, 0.2) is 16.3 Å².